The van der Waals surface area contributed by atoms with Gasteiger partial charge in [0.2, 0.25) is 0 Å². The van der Waals surface area contributed by atoms with Crippen molar-refractivity contribution in [3.05, 3.63) is 11.6 Å². The second-order valence-corrected chi connectivity index (χ2v) is 14.8. The molecule has 5 aliphatic carbocycles. The van der Waals surface area contributed by atoms with E-state index in [1.165, 1.54) is 7.11 Å². The molecule has 0 amide bonds. The van der Waals surface area contributed by atoms with E-state index in [0.29, 0.717) is 38.5 Å². The van der Waals surface area contributed by atoms with E-state index in [-0.39, 0.29) is 28.6 Å². The van der Waals surface area contributed by atoms with E-state index in [2.05, 4.69) is 26.8 Å². The molecule has 38 heavy (non-hydrogen) atoms. The number of allylic oxidation sites excluding steroid dienone is 1. The highest BCUT2D eigenvalue weighted by molar-refractivity contribution is 5.78. The Bertz CT molecular complexity index is 1070. The number of hydrogen-bond donors (Lipinski definition) is 4. The summed E-state index contributed by atoms with van der Waals surface area (Å²) in [4.78, 5) is 26.0. The van der Waals surface area contributed by atoms with Gasteiger partial charge in [-0.2, -0.15) is 0 Å². The van der Waals surface area contributed by atoms with Crippen LogP contribution in [-0.4, -0.2) is 57.3 Å². The van der Waals surface area contributed by atoms with E-state index in [1.807, 2.05) is 13.8 Å². The minimum absolute atomic E-state index is 0.00208. The molecular formula is C31H48O7. The van der Waals surface area contributed by atoms with E-state index >= 15 is 0 Å². The smallest absolute Gasteiger partial charge is 0.314 e. The molecule has 214 valence electrons. The zero-order chi connectivity index (χ0) is 28.3. The van der Waals surface area contributed by atoms with Crippen LogP contribution in [0, 0.1) is 50.7 Å². The van der Waals surface area contributed by atoms with Gasteiger partial charge in [0.25, 0.3) is 0 Å². The van der Waals surface area contributed by atoms with Crippen molar-refractivity contribution in [2.45, 2.75) is 111 Å². The number of ether oxygens (including phenoxy) is 1. The van der Waals surface area contributed by atoms with Crippen LogP contribution in [0.4, 0.5) is 0 Å². The lowest BCUT2D eigenvalue weighted by atomic mass is 9.33. The van der Waals surface area contributed by atoms with Gasteiger partial charge in [-0.15, -0.1) is 0 Å². The Balaban J connectivity index is 1.65. The van der Waals surface area contributed by atoms with E-state index < -0.39 is 51.9 Å². The molecule has 0 radical (unpaired) electrons. The fraction of sp³-hybridized carbons (Fsp3) is 0.871. The predicted octanol–water partition coefficient (Wildman–Crippen LogP) is 4.33. The summed E-state index contributed by atoms with van der Waals surface area (Å²) < 4.78 is 5.19. The minimum atomic E-state index is -1.21. The number of carboxylic acid groups (broad SMARTS) is 1. The van der Waals surface area contributed by atoms with Crippen LogP contribution in [0.2, 0.25) is 0 Å². The number of carboxylic acids is 1. The fourth-order valence-electron chi connectivity index (χ4n) is 11.1. The summed E-state index contributed by atoms with van der Waals surface area (Å²) in [5.74, 6) is -1.75. The first-order chi connectivity index (χ1) is 17.5. The molecule has 7 heteroatoms. The highest BCUT2D eigenvalue weighted by Crippen LogP contribution is 2.76. The highest BCUT2D eigenvalue weighted by atomic mass is 16.5. The van der Waals surface area contributed by atoms with Crippen molar-refractivity contribution in [2.24, 2.45) is 50.7 Å². The van der Waals surface area contributed by atoms with Gasteiger partial charge >= 0.3 is 11.9 Å². The Morgan fingerprint density at radius 1 is 0.974 bits per heavy atom. The molecular weight excluding hydrogens is 484 g/mol. The summed E-state index contributed by atoms with van der Waals surface area (Å²) in [5, 5.41) is 44.7. The Morgan fingerprint density at radius 3 is 2.24 bits per heavy atom. The van der Waals surface area contributed by atoms with Gasteiger partial charge in [0, 0.05) is 5.92 Å². The maximum absolute atomic E-state index is 13.1. The third-order valence-corrected chi connectivity index (χ3v) is 13.7. The number of aliphatic hydroxyl groups excluding tert-OH is 2. The van der Waals surface area contributed by atoms with Gasteiger partial charge in [-0.3, -0.25) is 9.59 Å². The Hall–Kier alpha value is -1.44. The second-order valence-electron chi connectivity index (χ2n) is 14.8. The molecule has 0 aromatic carbocycles. The largest absolute Gasteiger partial charge is 0.481 e. The third-order valence-electron chi connectivity index (χ3n) is 13.7. The molecule has 5 aliphatic rings. The number of hydrogen-bond acceptors (Lipinski definition) is 6. The monoisotopic (exact) mass is 532 g/mol. The molecule has 4 N–H and O–H groups in total. The first-order valence-corrected chi connectivity index (χ1v) is 14.6. The van der Waals surface area contributed by atoms with Gasteiger partial charge in [0.05, 0.1) is 35.7 Å². The first-order valence-electron chi connectivity index (χ1n) is 14.6. The van der Waals surface area contributed by atoms with Gasteiger partial charge in [0.15, 0.2) is 0 Å². The fourth-order valence-corrected chi connectivity index (χ4v) is 11.1. The maximum atomic E-state index is 13.1. The summed E-state index contributed by atoms with van der Waals surface area (Å²) in [6.07, 6.45) is 5.21. The molecule has 4 fully saturated rings. The van der Waals surface area contributed by atoms with Crippen molar-refractivity contribution in [1.82, 2.24) is 0 Å². The number of esters is 1. The van der Waals surface area contributed by atoms with E-state index in [4.69, 9.17) is 4.74 Å². The number of aliphatic carboxylic acids is 1. The van der Waals surface area contributed by atoms with Gasteiger partial charge in [0.1, 0.15) is 0 Å². The van der Waals surface area contributed by atoms with E-state index in [1.54, 1.807) is 6.92 Å². The number of aliphatic hydroxyl groups is 3. The topological polar surface area (TPSA) is 124 Å². The van der Waals surface area contributed by atoms with Crippen molar-refractivity contribution < 1.29 is 34.8 Å². The normalized spacial score (nSPS) is 55.9. The SMILES string of the molecule is COC(=O)[C@]1(C)[C@@H]2CC[C@]3(C)[C@H](CC=C4[C@H]5[C@](C(=O)O)(CC[C@@H](C)[C@@]5(C)O)CC[C@]43C)[C@@]2(C)C[C@@H](O)[C@@H]1O. The molecule has 0 heterocycles. The molecule has 0 aromatic heterocycles. The average molecular weight is 533 g/mol. The minimum Gasteiger partial charge on any atom is -0.481 e. The number of carbonyl (C=O) groups excluding carboxylic acids is 1. The van der Waals surface area contributed by atoms with Crippen molar-refractivity contribution >= 4 is 11.9 Å². The van der Waals surface area contributed by atoms with Gasteiger partial charge < -0.3 is 25.2 Å². The van der Waals surface area contributed by atoms with Gasteiger partial charge in [-0.1, -0.05) is 39.3 Å². The first kappa shape index (κ1) is 28.1. The number of carbonyl (C=O) groups is 2. The van der Waals surface area contributed by atoms with Gasteiger partial charge in [-0.05, 0) is 99.2 Å². The lowest BCUT2D eigenvalue weighted by Gasteiger charge is -2.71. The molecule has 4 saturated carbocycles. The quantitative estimate of drug-likeness (QED) is 0.308. The average Bonchev–Trinajstić information content (AvgIpc) is 2.84. The molecule has 0 bridgehead atoms. The molecule has 0 spiro atoms. The summed E-state index contributed by atoms with van der Waals surface area (Å²) in [6, 6.07) is 0. The zero-order valence-corrected chi connectivity index (χ0v) is 24.2. The second kappa shape index (κ2) is 8.29. The van der Waals surface area contributed by atoms with Crippen molar-refractivity contribution in [2.75, 3.05) is 7.11 Å². The van der Waals surface area contributed by atoms with Crippen molar-refractivity contribution in [3.63, 3.8) is 0 Å². The van der Waals surface area contributed by atoms with Crippen LogP contribution < -0.4 is 0 Å². The Morgan fingerprint density at radius 2 is 1.63 bits per heavy atom. The van der Waals surface area contributed by atoms with Crippen LogP contribution >= 0.6 is 0 Å². The molecule has 0 aromatic rings. The van der Waals surface area contributed by atoms with E-state index in [0.717, 1.165) is 18.4 Å². The van der Waals surface area contributed by atoms with Crippen LogP contribution in [0.15, 0.2) is 11.6 Å². The molecule has 0 saturated heterocycles. The maximum Gasteiger partial charge on any atom is 0.314 e. The molecule has 5 rings (SSSR count). The summed E-state index contributed by atoms with van der Waals surface area (Å²) in [6.45, 7) is 12.4. The zero-order valence-electron chi connectivity index (χ0n) is 24.2. The highest BCUT2D eigenvalue weighted by Gasteiger charge is 2.73. The molecule has 0 aliphatic heterocycles. The van der Waals surface area contributed by atoms with Crippen LogP contribution in [-0.2, 0) is 14.3 Å². The van der Waals surface area contributed by atoms with Crippen LogP contribution in [0.5, 0.6) is 0 Å². The predicted molar refractivity (Wildman–Crippen MR) is 142 cm³/mol. The molecule has 0 unspecified atom stereocenters. The number of methoxy groups -OCH3 is 1. The van der Waals surface area contributed by atoms with Crippen LogP contribution in [0.1, 0.15) is 92.9 Å². The third kappa shape index (κ3) is 3.07. The Labute approximate surface area is 227 Å². The standard InChI is InChI=1S/C31H48O7/c1-17-10-13-31(24(34)35)15-14-27(3)18(22(31)30(17,6)37)8-9-20-26(2)16-19(32)23(33)29(5,25(36)38-7)21(26)11-12-28(20,27)4/h8,17,19-23,32-33,37H,9-16H2,1-7H3,(H,34,35)/t17-,19-,20-,21-,22-,23+,26-,27-,28-,29-,30-,31+/m1/s1. The van der Waals surface area contributed by atoms with Crippen molar-refractivity contribution in [3.8, 4) is 0 Å². The molecule has 12 atom stereocenters. The summed E-state index contributed by atoms with van der Waals surface area (Å²) >= 11 is 0. The summed E-state index contributed by atoms with van der Waals surface area (Å²) in [5.41, 5.74) is -3.15. The van der Waals surface area contributed by atoms with Crippen LogP contribution in [0.25, 0.3) is 0 Å². The van der Waals surface area contributed by atoms with Gasteiger partial charge in [-0.25, -0.2) is 0 Å². The number of rotatable bonds is 2. The van der Waals surface area contributed by atoms with Crippen molar-refractivity contribution in [1.29, 1.82) is 0 Å². The molecule has 7 nitrogen and oxygen atoms in total. The summed E-state index contributed by atoms with van der Waals surface area (Å²) in [7, 11) is 1.34. The Kier molecular flexibility index (Phi) is 6.13. The van der Waals surface area contributed by atoms with E-state index in [9.17, 15) is 30.0 Å². The van der Waals surface area contributed by atoms with Crippen LogP contribution in [0.3, 0.4) is 0 Å². The lowest BCUT2D eigenvalue weighted by Crippen LogP contribution is -2.70. The number of fused-ring (bicyclic) bond motifs is 7. The lowest BCUT2D eigenvalue weighted by molar-refractivity contribution is -0.244.